The van der Waals surface area contributed by atoms with E-state index in [1.807, 2.05) is 0 Å². The second-order valence-electron chi connectivity index (χ2n) is 8.84. The summed E-state index contributed by atoms with van der Waals surface area (Å²) in [6.45, 7) is 0. The summed E-state index contributed by atoms with van der Waals surface area (Å²) in [6.07, 6.45) is -42.9. The van der Waals surface area contributed by atoms with E-state index in [4.69, 9.17) is 0 Å². The van der Waals surface area contributed by atoms with E-state index in [1.54, 1.807) is 0 Å². The molecule has 4 rings (SSSR count). The molecule has 0 saturated carbocycles. The van der Waals surface area contributed by atoms with Gasteiger partial charge in [-0.15, -0.1) is 0 Å². The second-order valence-corrected chi connectivity index (χ2v) is 8.84. The Morgan fingerprint density at radius 1 is 0.261 bits per heavy atom. The van der Waals surface area contributed by atoms with Gasteiger partial charge in [0.05, 0.1) is 55.6 Å². The lowest BCUT2D eigenvalue weighted by Crippen LogP contribution is -2.32. The minimum atomic E-state index is -7.29. The molecule has 0 fully saturated rings. The van der Waals surface area contributed by atoms with Crippen LogP contribution in [0.3, 0.4) is 0 Å². The van der Waals surface area contributed by atoms with E-state index in [-0.39, 0.29) is 0 Å². The Bertz CT molecular complexity index is 1640. The molecular weight excluding hydrogens is 702 g/mol. The van der Waals surface area contributed by atoms with Crippen molar-refractivity contribution in [3.8, 4) is 11.1 Å². The number of halogens is 18. The van der Waals surface area contributed by atoms with Gasteiger partial charge in [0.2, 0.25) is 0 Å². The van der Waals surface area contributed by atoms with E-state index in [2.05, 4.69) is 9.47 Å². The van der Waals surface area contributed by atoms with E-state index in [0.29, 0.717) is 0 Å². The Morgan fingerprint density at radius 3 is 0.587 bits per heavy atom. The maximum Gasteiger partial charge on any atom is 0.417 e. The normalized spacial score (nSPS) is 16.1. The molecule has 250 valence electrons. The fraction of sp³-hybridized carbons (Fsp3) is 0.273. The van der Waals surface area contributed by atoms with Crippen LogP contribution in [0.2, 0.25) is 0 Å². The lowest BCUT2D eigenvalue weighted by Gasteiger charge is -2.30. The third kappa shape index (κ3) is 5.05. The zero-order valence-electron chi connectivity index (χ0n) is 20.3. The molecule has 6 nitrogen and oxygen atoms in total. The Morgan fingerprint density at radius 2 is 0.413 bits per heavy atom. The molecule has 2 aliphatic heterocycles. The average molecular weight is 702 g/mol. The van der Waals surface area contributed by atoms with Crippen LogP contribution in [0.15, 0.2) is 0 Å². The number of esters is 4. The van der Waals surface area contributed by atoms with Gasteiger partial charge in [-0.25, -0.2) is 19.2 Å². The Labute approximate surface area is 236 Å². The number of rotatable bonds is 0. The first-order chi connectivity index (χ1) is 20.3. The third-order valence-electron chi connectivity index (χ3n) is 6.14. The maximum absolute atomic E-state index is 14.5. The van der Waals surface area contributed by atoms with Crippen molar-refractivity contribution >= 4 is 23.9 Å². The number of hydrogen-bond acceptors (Lipinski definition) is 6. The van der Waals surface area contributed by atoms with Crippen molar-refractivity contribution in [3.63, 3.8) is 0 Å². The van der Waals surface area contributed by atoms with Crippen molar-refractivity contribution < 1.29 is 108 Å². The van der Waals surface area contributed by atoms with Gasteiger partial charge < -0.3 is 9.47 Å². The van der Waals surface area contributed by atoms with Crippen molar-refractivity contribution in [2.24, 2.45) is 0 Å². The van der Waals surface area contributed by atoms with Gasteiger partial charge in [-0.1, -0.05) is 0 Å². The number of fused-ring (bicyclic) bond motifs is 5. The molecule has 2 aromatic rings. The number of cyclic esters (lactones) is 2. The number of carbonyl (C=O) groups excluding carboxylic acids is 4. The predicted octanol–water partition coefficient (Wildman–Crippen LogP) is 8.09. The zero-order chi connectivity index (χ0) is 35.7. The molecule has 4 bridgehead atoms. The molecule has 46 heavy (non-hydrogen) atoms. The van der Waals surface area contributed by atoms with Gasteiger partial charge in [-0.3, -0.25) is 0 Å². The highest BCUT2D eigenvalue weighted by molar-refractivity contribution is 6.20. The Kier molecular flexibility index (Phi) is 7.09. The summed E-state index contributed by atoms with van der Waals surface area (Å²) < 4.78 is 266. The van der Waals surface area contributed by atoms with Crippen LogP contribution in [-0.4, -0.2) is 23.9 Å². The first-order valence-electron chi connectivity index (χ1n) is 10.8. The molecule has 2 heterocycles. The quantitative estimate of drug-likeness (QED) is 0.157. The van der Waals surface area contributed by atoms with Crippen molar-refractivity contribution in [2.75, 3.05) is 0 Å². The molecule has 0 radical (unpaired) electrons. The molecule has 0 aliphatic carbocycles. The SMILES string of the molecule is O=C1OC(=O)c2c3c(C(F)(F)F)c(C(F)(F)F)c(c2C(F)(F)F)-c2c(C(F)(F)F)c1c(c(C(F)(F)F)c2C(F)(F)F)C(=O)OC3=O. The predicted molar refractivity (Wildman–Crippen MR) is 101 cm³/mol. The summed E-state index contributed by atoms with van der Waals surface area (Å²) in [5.41, 5.74) is -46.3. The van der Waals surface area contributed by atoms with E-state index < -0.39 is 128 Å². The van der Waals surface area contributed by atoms with E-state index in [1.165, 1.54) is 0 Å². The number of carbonyl (C=O) groups is 4. The molecule has 0 amide bonds. The summed E-state index contributed by atoms with van der Waals surface area (Å²) >= 11 is 0. The van der Waals surface area contributed by atoms with Crippen LogP contribution in [0.4, 0.5) is 79.0 Å². The summed E-state index contributed by atoms with van der Waals surface area (Å²) in [7, 11) is 0. The van der Waals surface area contributed by atoms with Crippen LogP contribution in [0.1, 0.15) is 74.8 Å². The summed E-state index contributed by atoms with van der Waals surface area (Å²) in [5.74, 6) is -14.0. The second kappa shape index (κ2) is 9.49. The maximum atomic E-state index is 14.5. The highest BCUT2D eigenvalue weighted by atomic mass is 19.4. The first kappa shape index (κ1) is 34.3. The molecule has 24 heteroatoms. The number of hydrogen-bond donors (Lipinski definition) is 0. The lowest BCUT2D eigenvalue weighted by atomic mass is 9.76. The highest BCUT2D eigenvalue weighted by Crippen LogP contribution is 2.60. The Balaban J connectivity index is 2.81. The molecule has 2 aromatic carbocycles. The van der Waals surface area contributed by atoms with E-state index in [0.717, 1.165) is 0 Å². The van der Waals surface area contributed by atoms with Crippen molar-refractivity contribution in [2.45, 2.75) is 37.1 Å². The van der Waals surface area contributed by atoms with Gasteiger partial charge in [-0.2, -0.15) is 79.0 Å². The van der Waals surface area contributed by atoms with E-state index in [9.17, 15) is 98.2 Å². The van der Waals surface area contributed by atoms with Gasteiger partial charge in [-0.05, 0) is 0 Å². The van der Waals surface area contributed by atoms with Crippen LogP contribution in [-0.2, 0) is 46.5 Å². The average Bonchev–Trinajstić information content (AvgIpc) is 2.82. The van der Waals surface area contributed by atoms with Crippen LogP contribution in [0.25, 0.3) is 11.1 Å². The van der Waals surface area contributed by atoms with Crippen LogP contribution >= 0.6 is 0 Å². The lowest BCUT2D eigenvalue weighted by molar-refractivity contribution is -0.165. The molecular formula is C22F18O6. The zero-order valence-corrected chi connectivity index (χ0v) is 20.3. The van der Waals surface area contributed by atoms with Crippen LogP contribution in [0, 0.1) is 0 Å². The van der Waals surface area contributed by atoms with Crippen LogP contribution < -0.4 is 0 Å². The van der Waals surface area contributed by atoms with Crippen molar-refractivity contribution in [3.05, 3.63) is 55.6 Å². The van der Waals surface area contributed by atoms with Gasteiger partial charge in [0.1, 0.15) is 0 Å². The summed E-state index contributed by atoms with van der Waals surface area (Å²) in [6, 6.07) is 0. The van der Waals surface area contributed by atoms with Gasteiger partial charge in [0.15, 0.2) is 0 Å². The van der Waals surface area contributed by atoms with Crippen molar-refractivity contribution in [1.82, 2.24) is 0 Å². The van der Waals surface area contributed by atoms with Gasteiger partial charge >= 0.3 is 60.9 Å². The summed E-state index contributed by atoms with van der Waals surface area (Å²) in [4.78, 5) is 50.7. The number of alkyl halides is 18. The molecule has 0 saturated heterocycles. The smallest absolute Gasteiger partial charge is 0.386 e. The monoisotopic (exact) mass is 702 g/mol. The minimum Gasteiger partial charge on any atom is -0.386 e. The van der Waals surface area contributed by atoms with Gasteiger partial charge in [0, 0.05) is 11.1 Å². The summed E-state index contributed by atoms with van der Waals surface area (Å²) in [5, 5.41) is 0. The third-order valence-corrected chi connectivity index (χ3v) is 6.14. The Hall–Kier alpha value is -4.54. The topological polar surface area (TPSA) is 86.7 Å². The molecule has 2 aliphatic rings. The fourth-order valence-corrected chi connectivity index (χ4v) is 4.89. The first-order valence-corrected chi connectivity index (χ1v) is 10.8. The molecule has 0 spiro atoms. The molecule has 0 aromatic heterocycles. The minimum absolute atomic E-state index is 3.37. The number of ether oxygens (including phenoxy) is 2. The number of benzene rings is 2. The fourth-order valence-electron chi connectivity index (χ4n) is 4.89. The van der Waals surface area contributed by atoms with Gasteiger partial charge in [0.25, 0.3) is 0 Å². The molecule has 0 N–H and O–H groups in total. The molecule has 0 atom stereocenters. The van der Waals surface area contributed by atoms with E-state index >= 15 is 0 Å². The molecule has 0 unspecified atom stereocenters. The standard InChI is InChI=1S/C22F18O6/c23-17(24,25)7-1-2-8(18(26,27)28)4-6(12(22(38,39)40)10(2)20(32,33)34)16(44)46-15(43)5(3(7)13(41)45-14(4)42)11(21(35,36)37)9(1)19(29,30)31. The highest BCUT2D eigenvalue weighted by Gasteiger charge is 2.62. The van der Waals surface area contributed by atoms with Crippen molar-refractivity contribution in [1.29, 1.82) is 0 Å². The van der Waals surface area contributed by atoms with Crippen LogP contribution in [0.5, 0.6) is 0 Å². The largest absolute Gasteiger partial charge is 0.417 e.